The van der Waals surface area contributed by atoms with E-state index >= 15 is 0 Å². The molecule has 0 saturated carbocycles. The average Bonchev–Trinajstić information content (AvgIpc) is 2.50. The quantitative estimate of drug-likeness (QED) is 0.693. The third-order valence-electron chi connectivity index (χ3n) is 4.24. The Morgan fingerprint density at radius 3 is 2.60 bits per heavy atom. The minimum atomic E-state index is -3.59. The van der Waals surface area contributed by atoms with Gasteiger partial charge in [0.05, 0.1) is 11.9 Å². The lowest BCUT2D eigenvalue weighted by molar-refractivity contribution is -0.117. The summed E-state index contributed by atoms with van der Waals surface area (Å²) in [5.41, 5.74) is 0.187. The minimum Gasteiger partial charge on any atom is -0.326 e. The molecule has 0 aromatic heterocycles. The molecule has 1 atom stereocenters. The first-order valence-corrected chi connectivity index (χ1v) is 9.91. The smallest absolute Gasteiger partial charge is 0.229 e. The lowest BCUT2D eigenvalue weighted by Crippen LogP contribution is -2.32. The Labute approximate surface area is 154 Å². The molecule has 0 radical (unpaired) electrons. The van der Waals surface area contributed by atoms with Crippen LogP contribution in [-0.2, 0) is 14.8 Å². The Balaban J connectivity index is 0.00000312. The van der Waals surface area contributed by atoms with Crippen LogP contribution in [0.3, 0.4) is 0 Å². The van der Waals surface area contributed by atoms with E-state index in [4.69, 9.17) is 0 Å². The summed E-state index contributed by atoms with van der Waals surface area (Å²) in [7, 11) is -3.59. The van der Waals surface area contributed by atoms with Crippen molar-refractivity contribution in [3.63, 3.8) is 0 Å². The Morgan fingerprint density at radius 2 is 2.00 bits per heavy atom. The van der Waals surface area contributed by atoms with Crippen LogP contribution in [0.2, 0.25) is 0 Å². The van der Waals surface area contributed by atoms with Crippen LogP contribution in [0.25, 0.3) is 0 Å². The average molecular weight is 394 g/mol. The van der Waals surface area contributed by atoms with Crippen molar-refractivity contribution < 1.29 is 17.6 Å². The summed E-state index contributed by atoms with van der Waals surface area (Å²) in [6.07, 6.45) is 3.45. The van der Waals surface area contributed by atoms with Gasteiger partial charge in [0.2, 0.25) is 15.9 Å². The number of carbonyl (C=O) groups is 1. The van der Waals surface area contributed by atoms with Gasteiger partial charge in [-0.1, -0.05) is 6.92 Å². The highest BCUT2D eigenvalue weighted by Gasteiger charge is 2.22. The van der Waals surface area contributed by atoms with E-state index in [0.29, 0.717) is 18.0 Å². The molecule has 2 rings (SSSR count). The second-order valence-corrected chi connectivity index (χ2v) is 8.13. The Bertz CT molecular complexity index is 694. The highest BCUT2D eigenvalue weighted by molar-refractivity contribution is 7.92. The molecule has 1 amide bonds. The monoisotopic (exact) mass is 393 g/mol. The fraction of sp³-hybridized carbons (Fsp3) is 0.562. The van der Waals surface area contributed by atoms with Gasteiger partial charge in [0.15, 0.2) is 0 Å². The van der Waals surface area contributed by atoms with Crippen LogP contribution in [0, 0.1) is 17.7 Å². The largest absolute Gasteiger partial charge is 0.326 e. The van der Waals surface area contributed by atoms with Gasteiger partial charge < -0.3 is 10.6 Å². The predicted octanol–water partition coefficient (Wildman–Crippen LogP) is 2.58. The first-order chi connectivity index (χ1) is 11.2. The number of nitrogens with one attached hydrogen (secondary N) is 3. The molecule has 0 aliphatic carbocycles. The van der Waals surface area contributed by atoms with Crippen molar-refractivity contribution in [2.45, 2.75) is 26.2 Å². The van der Waals surface area contributed by atoms with Gasteiger partial charge in [-0.15, -0.1) is 12.4 Å². The van der Waals surface area contributed by atoms with E-state index in [0.717, 1.165) is 38.3 Å². The van der Waals surface area contributed by atoms with Gasteiger partial charge in [-0.2, -0.15) is 0 Å². The number of piperidine rings is 1. The van der Waals surface area contributed by atoms with Crippen molar-refractivity contribution in [2.24, 2.45) is 11.8 Å². The molecule has 1 saturated heterocycles. The van der Waals surface area contributed by atoms with Crippen LogP contribution in [-0.4, -0.2) is 33.7 Å². The zero-order valence-electron chi connectivity index (χ0n) is 14.3. The molecule has 0 bridgehead atoms. The SMILES string of the molecule is CC(CC(=O)Nc1ccc(F)c(NS(C)(=O)=O)c1)C1CCNCC1.Cl. The third kappa shape index (κ3) is 7.17. The summed E-state index contributed by atoms with van der Waals surface area (Å²) in [6.45, 7) is 4.03. The van der Waals surface area contributed by atoms with Crippen LogP contribution < -0.4 is 15.4 Å². The molecule has 1 heterocycles. The standard InChI is InChI=1S/C16H24FN3O3S.ClH/c1-11(12-5-7-18-8-6-12)9-16(21)19-13-3-4-14(17)15(10-13)20-24(2,22)23;/h3-4,10-12,18,20H,5-9H2,1-2H3,(H,19,21);1H. The normalized spacial score (nSPS) is 16.6. The molecule has 25 heavy (non-hydrogen) atoms. The molecule has 1 fully saturated rings. The Hall–Kier alpha value is -1.38. The second-order valence-electron chi connectivity index (χ2n) is 6.39. The molecule has 142 valence electrons. The van der Waals surface area contributed by atoms with E-state index in [9.17, 15) is 17.6 Å². The van der Waals surface area contributed by atoms with E-state index in [2.05, 4.69) is 22.3 Å². The van der Waals surface area contributed by atoms with Crippen LogP contribution in [0.4, 0.5) is 15.8 Å². The van der Waals surface area contributed by atoms with Gasteiger partial charge in [0.25, 0.3) is 0 Å². The van der Waals surface area contributed by atoms with Crippen LogP contribution in [0.15, 0.2) is 18.2 Å². The van der Waals surface area contributed by atoms with Crippen molar-refractivity contribution in [2.75, 3.05) is 29.4 Å². The predicted molar refractivity (Wildman–Crippen MR) is 100 cm³/mol. The number of anilines is 2. The fourth-order valence-electron chi connectivity index (χ4n) is 2.97. The molecule has 9 heteroatoms. The molecular weight excluding hydrogens is 369 g/mol. The minimum absolute atomic E-state index is 0. The number of hydrogen-bond acceptors (Lipinski definition) is 4. The summed E-state index contributed by atoms with van der Waals surface area (Å²) < 4.78 is 38.2. The number of benzene rings is 1. The number of hydrogen-bond donors (Lipinski definition) is 3. The van der Waals surface area contributed by atoms with Gasteiger partial charge >= 0.3 is 0 Å². The van der Waals surface area contributed by atoms with Crippen molar-refractivity contribution in [1.29, 1.82) is 0 Å². The van der Waals surface area contributed by atoms with E-state index in [1.165, 1.54) is 12.1 Å². The third-order valence-corrected chi connectivity index (χ3v) is 4.83. The first-order valence-electron chi connectivity index (χ1n) is 8.02. The molecule has 1 aromatic rings. The van der Waals surface area contributed by atoms with E-state index in [1.807, 2.05) is 0 Å². The fourth-order valence-corrected chi connectivity index (χ4v) is 3.52. The van der Waals surface area contributed by atoms with Gasteiger partial charge in [0.1, 0.15) is 5.82 Å². The number of carbonyl (C=O) groups excluding carboxylic acids is 1. The zero-order chi connectivity index (χ0) is 17.7. The van der Waals surface area contributed by atoms with Crippen LogP contribution in [0.5, 0.6) is 0 Å². The molecule has 1 aliphatic heterocycles. The summed E-state index contributed by atoms with van der Waals surface area (Å²) in [5.74, 6) is -0.0618. The molecular formula is C16H25ClFN3O3S. The van der Waals surface area contributed by atoms with Gasteiger partial charge in [-0.05, 0) is 56.0 Å². The van der Waals surface area contributed by atoms with Crippen molar-refractivity contribution in [3.05, 3.63) is 24.0 Å². The number of rotatable bonds is 6. The van der Waals surface area contributed by atoms with Crippen LogP contribution in [0.1, 0.15) is 26.2 Å². The van der Waals surface area contributed by atoms with Gasteiger partial charge in [-0.3, -0.25) is 9.52 Å². The number of sulfonamides is 1. The maximum absolute atomic E-state index is 13.6. The van der Waals surface area contributed by atoms with Crippen LogP contribution >= 0.6 is 12.4 Å². The van der Waals surface area contributed by atoms with Gasteiger partial charge in [0, 0.05) is 12.1 Å². The summed E-state index contributed by atoms with van der Waals surface area (Å²) in [6, 6.07) is 3.82. The number of amides is 1. The summed E-state index contributed by atoms with van der Waals surface area (Å²) in [5, 5.41) is 6.01. The number of halogens is 2. The van der Waals surface area contributed by atoms with E-state index < -0.39 is 15.8 Å². The van der Waals surface area contributed by atoms with Gasteiger partial charge in [-0.25, -0.2) is 12.8 Å². The Morgan fingerprint density at radius 1 is 1.36 bits per heavy atom. The molecule has 3 N–H and O–H groups in total. The highest BCUT2D eigenvalue weighted by atomic mass is 35.5. The topological polar surface area (TPSA) is 87.3 Å². The zero-order valence-corrected chi connectivity index (χ0v) is 16.0. The molecule has 1 aromatic carbocycles. The summed E-state index contributed by atoms with van der Waals surface area (Å²) >= 11 is 0. The molecule has 1 unspecified atom stereocenters. The summed E-state index contributed by atoms with van der Waals surface area (Å²) in [4.78, 5) is 12.2. The van der Waals surface area contributed by atoms with E-state index in [1.54, 1.807) is 0 Å². The lowest BCUT2D eigenvalue weighted by atomic mass is 9.84. The molecule has 0 spiro atoms. The van der Waals surface area contributed by atoms with Crippen molar-refractivity contribution >= 4 is 39.7 Å². The van der Waals surface area contributed by atoms with Crippen molar-refractivity contribution in [1.82, 2.24) is 5.32 Å². The maximum Gasteiger partial charge on any atom is 0.229 e. The molecule has 1 aliphatic rings. The Kier molecular flexibility index (Phi) is 8.11. The molecule has 6 nitrogen and oxygen atoms in total. The lowest BCUT2D eigenvalue weighted by Gasteiger charge is -2.27. The van der Waals surface area contributed by atoms with Crippen molar-refractivity contribution in [3.8, 4) is 0 Å². The highest BCUT2D eigenvalue weighted by Crippen LogP contribution is 2.25. The second kappa shape index (κ2) is 9.35. The first kappa shape index (κ1) is 21.7. The van der Waals surface area contributed by atoms with E-state index in [-0.39, 0.29) is 29.9 Å². The maximum atomic E-state index is 13.6.